The fourth-order valence-corrected chi connectivity index (χ4v) is 4.00. The average Bonchev–Trinajstić information content (AvgIpc) is 2.99. The molecule has 0 aliphatic heterocycles. The Morgan fingerprint density at radius 2 is 2.05 bits per heavy atom. The maximum atomic E-state index is 12.9. The van der Waals surface area contributed by atoms with Gasteiger partial charge in [0.05, 0.1) is 5.92 Å². The van der Waals surface area contributed by atoms with Gasteiger partial charge < -0.3 is 5.11 Å². The van der Waals surface area contributed by atoms with E-state index in [1.807, 2.05) is 6.92 Å². The van der Waals surface area contributed by atoms with Crippen molar-refractivity contribution in [1.29, 1.82) is 0 Å². The number of hydrogen-bond donors (Lipinski definition) is 1. The second-order valence-electron chi connectivity index (χ2n) is 5.52. The molecule has 4 atom stereocenters. The quantitative estimate of drug-likeness (QED) is 0.911. The van der Waals surface area contributed by atoms with Crippen LogP contribution in [0.1, 0.15) is 31.2 Å². The molecule has 3 nitrogen and oxygen atoms in total. The molecule has 100 valence electrons. The van der Waals surface area contributed by atoms with Crippen LogP contribution in [0, 0.1) is 23.1 Å². The molecule has 2 aliphatic carbocycles. The molecule has 0 radical (unpaired) electrons. The van der Waals surface area contributed by atoms with E-state index in [2.05, 4.69) is 0 Å². The number of rotatable bonds is 3. The summed E-state index contributed by atoms with van der Waals surface area (Å²) >= 11 is 0. The fourth-order valence-electron chi connectivity index (χ4n) is 4.00. The Kier molecular flexibility index (Phi) is 2.52. The van der Waals surface area contributed by atoms with Gasteiger partial charge in [-0.2, -0.15) is 0 Å². The number of halogens is 1. The van der Waals surface area contributed by atoms with E-state index in [4.69, 9.17) is 0 Å². The molecule has 0 heterocycles. The van der Waals surface area contributed by atoms with Crippen molar-refractivity contribution in [3.63, 3.8) is 0 Å². The molecule has 0 spiro atoms. The topological polar surface area (TPSA) is 54.4 Å². The zero-order valence-corrected chi connectivity index (χ0v) is 10.6. The number of carbonyl (C=O) groups excluding carboxylic acids is 1. The first kappa shape index (κ1) is 12.3. The summed E-state index contributed by atoms with van der Waals surface area (Å²) in [7, 11) is 0. The molecule has 0 bridgehead atoms. The Balaban J connectivity index is 1.96. The van der Waals surface area contributed by atoms with E-state index in [1.165, 1.54) is 12.1 Å². The van der Waals surface area contributed by atoms with Crippen LogP contribution in [0.25, 0.3) is 0 Å². The normalized spacial score (nSPS) is 36.1. The number of hydrogen-bond acceptors (Lipinski definition) is 2. The summed E-state index contributed by atoms with van der Waals surface area (Å²) in [6.07, 6.45) is 0.957. The van der Waals surface area contributed by atoms with E-state index in [0.717, 1.165) is 5.56 Å². The van der Waals surface area contributed by atoms with Crippen LogP contribution in [-0.4, -0.2) is 16.9 Å². The lowest BCUT2D eigenvalue weighted by atomic mass is 9.91. The molecule has 0 amide bonds. The van der Waals surface area contributed by atoms with Gasteiger partial charge in [0, 0.05) is 11.8 Å². The zero-order valence-electron chi connectivity index (χ0n) is 10.6. The molecule has 1 aromatic rings. The fraction of sp³-hybridized carbons (Fsp3) is 0.467. The first-order valence-electron chi connectivity index (χ1n) is 6.54. The predicted octanol–water partition coefficient (Wildman–Crippen LogP) is 2.61. The minimum Gasteiger partial charge on any atom is -0.481 e. The number of aliphatic carboxylic acids is 1. The summed E-state index contributed by atoms with van der Waals surface area (Å²) in [6, 6.07) is 6.06. The third-order valence-corrected chi connectivity index (χ3v) is 4.91. The van der Waals surface area contributed by atoms with Gasteiger partial charge in [0.25, 0.3) is 0 Å². The van der Waals surface area contributed by atoms with Crippen LogP contribution in [0.3, 0.4) is 0 Å². The van der Waals surface area contributed by atoms with E-state index >= 15 is 0 Å². The van der Waals surface area contributed by atoms with Gasteiger partial charge in [-0.25, -0.2) is 4.39 Å². The molecular formula is C15H15FO3. The minimum atomic E-state index is -0.882. The van der Waals surface area contributed by atoms with E-state index in [9.17, 15) is 19.1 Å². The van der Waals surface area contributed by atoms with E-state index in [-0.39, 0.29) is 23.4 Å². The number of carboxylic acids is 1. The summed E-state index contributed by atoms with van der Waals surface area (Å²) in [5.74, 6) is -1.90. The van der Waals surface area contributed by atoms with Crippen LogP contribution in [-0.2, 0) is 9.59 Å². The Bertz CT molecular complexity index is 551. The first-order chi connectivity index (χ1) is 9.02. The number of fused-ring (bicyclic) bond motifs is 1. The highest BCUT2D eigenvalue weighted by Gasteiger charge is 2.77. The lowest BCUT2D eigenvalue weighted by Gasteiger charge is -2.13. The predicted molar refractivity (Wildman–Crippen MR) is 66.1 cm³/mol. The second-order valence-corrected chi connectivity index (χ2v) is 5.52. The molecule has 2 fully saturated rings. The first-order valence-corrected chi connectivity index (χ1v) is 6.54. The van der Waals surface area contributed by atoms with Crippen LogP contribution in [0.15, 0.2) is 24.3 Å². The third kappa shape index (κ3) is 1.49. The minimum absolute atomic E-state index is 0.0572. The van der Waals surface area contributed by atoms with E-state index < -0.39 is 17.3 Å². The van der Waals surface area contributed by atoms with Crippen LogP contribution < -0.4 is 0 Å². The number of carboxylic acid groups (broad SMARTS) is 1. The summed E-state index contributed by atoms with van der Waals surface area (Å²) < 4.78 is 12.9. The molecule has 1 aromatic carbocycles. The maximum Gasteiger partial charge on any atom is 0.307 e. The van der Waals surface area contributed by atoms with Crippen molar-refractivity contribution in [3.8, 4) is 0 Å². The van der Waals surface area contributed by atoms with Crippen molar-refractivity contribution in [3.05, 3.63) is 35.6 Å². The third-order valence-electron chi connectivity index (χ3n) is 4.91. The van der Waals surface area contributed by atoms with E-state index in [0.29, 0.717) is 12.8 Å². The molecule has 4 unspecified atom stereocenters. The summed E-state index contributed by atoms with van der Waals surface area (Å²) in [5.41, 5.74) is 0.212. The number of Topliss-reactive ketones (excluding diaryl/α,β-unsaturated/α-hetero) is 1. The maximum absolute atomic E-state index is 12.9. The van der Waals surface area contributed by atoms with Crippen LogP contribution in [0.2, 0.25) is 0 Å². The standard InChI is InChI=1S/C15H15FO3/c1-2-15-11(17)7-10(12(15)13(15)14(18)19)8-3-5-9(16)6-4-8/h3-6,10,12-13H,2,7H2,1H3,(H,18,19). The lowest BCUT2D eigenvalue weighted by Crippen LogP contribution is -2.19. The molecule has 19 heavy (non-hydrogen) atoms. The molecule has 0 saturated heterocycles. The van der Waals surface area contributed by atoms with Gasteiger partial charge in [-0.05, 0) is 36.0 Å². The molecule has 2 saturated carbocycles. The molecular weight excluding hydrogens is 247 g/mol. The smallest absolute Gasteiger partial charge is 0.307 e. The zero-order chi connectivity index (χ0) is 13.8. The van der Waals surface area contributed by atoms with Gasteiger partial charge in [0.2, 0.25) is 0 Å². The van der Waals surface area contributed by atoms with Crippen molar-refractivity contribution >= 4 is 11.8 Å². The highest BCUT2D eigenvalue weighted by molar-refractivity contribution is 5.99. The van der Waals surface area contributed by atoms with Gasteiger partial charge in [-0.3, -0.25) is 9.59 Å². The molecule has 2 aliphatic rings. The monoisotopic (exact) mass is 262 g/mol. The molecule has 1 N–H and O–H groups in total. The summed E-state index contributed by atoms with van der Waals surface area (Å²) in [6.45, 7) is 1.88. The van der Waals surface area contributed by atoms with Crippen molar-refractivity contribution in [1.82, 2.24) is 0 Å². The van der Waals surface area contributed by atoms with Crippen molar-refractivity contribution in [2.24, 2.45) is 17.3 Å². The largest absolute Gasteiger partial charge is 0.481 e. The van der Waals surface area contributed by atoms with Crippen molar-refractivity contribution < 1.29 is 19.1 Å². The van der Waals surface area contributed by atoms with Crippen molar-refractivity contribution in [2.45, 2.75) is 25.7 Å². The summed E-state index contributed by atoms with van der Waals surface area (Å²) in [4.78, 5) is 23.5. The van der Waals surface area contributed by atoms with Crippen molar-refractivity contribution in [2.75, 3.05) is 0 Å². The molecule has 0 aromatic heterocycles. The highest BCUT2D eigenvalue weighted by Crippen LogP contribution is 2.72. The highest BCUT2D eigenvalue weighted by atomic mass is 19.1. The average molecular weight is 262 g/mol. The second kappa shape index (κ2) is 3.89. The number of carbonyl (C=O) groups is 2. The van der Waals surface area contributed by atoms with Gasteiger partial charge in [0.1, 0.15) is 11.6 Å². The Hall–Kier alpha value is -1.71. The van der Waals surface area contributed by atoms with Gasteiger partial charge in [-0.15, -0.1) is 0 Å². The number of benzene rings is 1. The van der Waals surface area contributed by atoms with Crippen LogP contribution in [0.5, 0.6) is 0 Å². The Labute approximate surface area is 110 Å². The SMILES string of the molecule is CCC12C(=O)CC(c3ccc(F)cc3)C1C2C(=O)O. The lowest BCUT2D eigenvalue weighted by molar-refractivity contribution is -0.142. The van der Waals surface area contributed by atoms with Gasteiger partial charge in [0.15, 0.2) is 0 Å². The Morgan fingerprint density at radius 3 is 2.53 bits per heavy atom. The van der Waals surface area contributed by atoms with E-state index in [1.54, 1.807) is 12.1 Å². The Morgan fingerprint density at radius 1 is 1.42 bits per heavy atom. The van der Waals surface area contributed by atoms with Gasteiger partial charge >= 0.3 is 5.97 Å². The molecule has 4 heteroatoms. The summed E-state index contributed by atoms with van der Waals surface area (Å²) in [5, 5.41) is 9.27. The van der Waals surface area contributed by atoms with Gasteiger partial charge in [-0.1, -0.05) is 19.1 Å². The van der Waals surface area contributed by atoms with Crippen LogP contribution >= 0.6 is 0 Å². The number of ketones is 1. The molecule has 3 rings (SSSR count). The van der Waals surface area contributed by atoms with Crippen LogP contribution in [0.4, 0.5) is 4.39 Å².